The van der Waals surface area contributed by atoms with Crippen molar-refractivity contribution in [2.75, 3.05) is 5.32 Å². The van der Waals surface area contributed by atoms with Gasteiger partial charge in [0.05, 0.1) is 22.3 Å². The number of anilines is 1. The normalized spacial score (nSPS) is 12.2. The van der Waals surface area contributed by atoms with Crippen molar-refractivity contribution in [3.8, 4) is 6.07 Å². The number of rotatable bonds is 5. The molecule has 8 nitrogen and oxygen atoms in total. The van der Waals surface area contributed by atoms with E-state index in [9.17, 15) is 10.1 Å². The fourth-order valence-electron chi connectivity index (χ4n) is 2.54. The zero-order chi connectivity index (χ0) is 20.1. The first-order valence-electron chi connectivity index (χ1n) is 8.31. The molecule has 2 heterocycles. The lowest BCUT2D eigenvalue weighted by Crippen LogP contribution is -2.19. The molecule has 3 aromatic rings. The van der Waals surface area contributed by atoms with Crippen LogP contribution in [0.15, 0.2) is 71.8 Å². The molecule has 0 bridgehead atoms. The molecule has 0 aliphatic carbocycles. The average Bonchev–Trinajstić information content (AvgIpc) is 3.10. The number of fused-ring (bicyclic) bond motifs is 1. The second kappa shape index (κ2) is 7.97. The van der Waals surface area contributed by atoms with Crippen LogP contribution in [-0.4, -0.2) is 26.6 Å². The Hall–Kier alpha value is -4.25. The Kier molecular flexibility index (Phi) is 5.28. The standard InChI is InChI=1S/C20H17N7O/c1-3-15(14-8-9-23-11-13(14)10-21)24-18(12(2)22)19(28)27-20-25-16-6-4-5-7-17(16)26-20/h3-9,11H,1,22H2,2H3,(H2,25,26,27,28)/b18-12+,24-15?. The number of aliphatic imine (C=N–C) groups is 1. The van der Waals surface area contributed by atoms with Gasteiger partial charge in [-0.2, -0.15) is 5.26 Å². The van der Waals surface area contributed by atoms with Gasteiger partial charge in [-0.05, 0) is 31.2 Å². The van der Waals surface area contributed by atoms with Crippen LogP contribution in [0.5, 0.6) is 0 Å². The molecule has 2 aromatic heterocycles. The summed E-state index contributed by atoms with van der Waals surface area (Å²) in [6, 6.07) is 11.1. The molecule has 0 saturated heterocycles. The number of hydrogen-bond donors (Lipinski definition) is 3. The van der Waals surface area contributed by atoms with Crippen molar-refractivity contribution in [2.24, 2.45) is 10.7 Å². The van der Waals surface area contributed by atoms with E-state index in [1.54, 1.807) is 13.0 Å². The van der Waals surface area contributed by atoms with Gasteiger partial charge in [-0.25, -0.2) is 9.98 Å². The van der Waals surface area contributed by atoms with Crippen LogP contribution in [0.4, 0.5) is 5.95 Å². The van der Waals surface area contributed by atoms with Crippen LogP contribution >= 0.6 is 0 Å². The number of aromatic nitrogens is 3. The highest BCUT2D eigenvalue weighted by molar-refractivity contribution is 6.13. The van der Waals surface area contributed by atoms with E-state index in [-0.39, 0.29) is 17.3 Å². The summed E-state index contributed by atoms with van der Waals surface area (Å²) < 4.78 is 0. The fourth-order valence-corrected chi connectivity index (χ4v) is 2.54. The van der Waals surface area contributed by atoms with E-state index in [1.165, 1.54) is 18.5 Å². The Morgan fingerprint density at radius 2 is 2.18 bits per heavy atom. The second-order valence-corrected chi connectivity index (χ2v) is 5.82. The van der Waals surface area contributed by atoms with E-state index in [2.05, 4.69) is 31.8 Å². The minimum Gasteiger partial charge on any atom is -0.400 e. The molecule has 1 amide bonds. The molecule has 138 valence electrons. The molecule has 0 aliphatic rings. The van der Waals surface area contributed by atoms with E-state index in [4.69, 9.17) is 5.73 Å². The molecule has 0 aliphatic heterocycles. The smallest absolute Gasteiger partial charge is 0.278 e. The van der Waals surface area contributed by atoms with Crippen LogP contribution in [-0.2, 0) is 4.79 Å². The number of carbonyl (C=O) groups is 1. The number of pyridine rings is 1. The highest BCUT2D eigenvalue weighted by atomic mass is 16.2. The third-order valence-electron chi connectivity index (χ3n) is 3.85. The number of carbonyl (C=O) groups excluding carboxylic acids is 1. The summed E-state index contributed by atoms with van der Waals surface area (Å²) in [7, 11) is 0. The summed E-state index contributed by atoms with van der Waals surface area (Å²) in [5.74, 6) is -0.257. The molecule has 0 atom stereocenters. The SMILES string of the molecule is C=CC(=N/C(C(=O)Nc1nc2ccccc2[nH]1)=C(\C)N)c1ccncc1C#N. The van der Waals surface area contributed by atoms with Crippen molar-refractivity contribution in [3.05, 3.63) is 77.9 Å². The lowest BCUT2D eigenvalue weighted by Gasteiger charge is -2.08. The van der Waals surface area contributed by atoms with Crippen LogP contribution < -0.4 is 11.1 Å². The third-order valence-corrected chi connectivity index (χ3v) is 3.85. The number of aromatic amines is 1. The molecule has 0 spiro atoms. The second-order valence-electron chi connectivity index (χ2n) is 5.82. The van der Waals surface area contributed by atoms with Gasteiger partial charge < -0.3 is 10.7 Å². The lowest BCUT2D eigenvalue weighted by atomic mass is 10.1. The zero-order valence-electron chi connectivity index (χ0n) is 15.1. The number of nitriles is 1. The van der Waals surface area contributed by atoms with Gasteiger partial charge >= 0.3 is 0 Å². The monoisotopic (exact) mass is 371 g/mol. The van der Waals surface area contributed by atoms with E-state index < -0.39 is 5.91 Å². The zero-order valence-corrected chi connectivity index (χ0v) is 15.1. The van der Waals surface area contributed by atoms with E-state index in [1.807, 2.05) is 30.3 Å². The first-order valence-corrected chi connectivity index (χ1v) is 8.31. The summed E-state index contributed by atoms with van der Waals surface area (Å²) in [4.78, 5) is 28.3. The van der Waals surface area contributed by atoms with Gasteiger partial charge in [-0.15, -0.1) is 0 Å². The molecule has 0 unspecified atom stereocenters. The van der Waals surface area contributed by atoms with Crippen LogP contribution in [0.2, 0.25) is 0 Å². The van der Waals surface area contributed by atoms with E-state index in [0.29, 0.717) is 16.8 Å². The van der Waals surface area contributed by atoms with Crippen molar-refractivity contribution in [1.29, 1.82) is 5.26 Å². The molecule has 28 heavy (non-hydrogen) atoms. The number of para-hydroxylation sites is 2. The maximum absolute atomic E-state index is 12.7. The maximum Gasteiger partial charge on any atom is 0.278 e. The van der Waals surface area contributed by atoms with Crippen LogP contribution in [0.3, 0.4) is 0 Å². The number of nitrogens with zero attached hydrogens (tertiary/aromatic N) is 4. The number of nitrogens with one attached hydrogen (secondary N) is 2. The Morgan fingerprint density at radius 1 is 1.39 bits per heavy atom. The van der Waals surface area contributed by atoms with Gasteiger partial charge in [0.25, 0.3) is 5.91 Å². The molecule has 8 heteroatoms. The third kappa shape index (κ3) is 3.78. The van der Waals surface area contributed by atoms with Gasteiger partial charge in [0.2, 0.25) is 5.95 Å². The van der Waals surface area contributed by atoms with Gasteiger partial charge in [0.1, 0.15) is 11.8 Å². The Morgan fingerprint density at radius 3 is 2.86 bits per heavy atom. The fraction of sp³-hybridized carbons (Fsp3) is 0.0500. The molecular weight excluding hydrogens is 354 g/mol. The Bertz CT molecular complexity index is 1130. The molecular formula is C20H17N7O. The quantitative estimate of drug-likeness (QED) is 0.468. The number of hydrogen-bond acceptors (Lipinski definition) is 6. The summed E-state index contributed by atoms with van der Waals surface area (Å²) in [5.41, 5.74) is 8.75. The Labute approximate surface area is 161 Å². The first-order chi connectivity index (χ1) is 13.5. The highest BCUT2D eigenvalue weighted by Gasteiger charge is 2.16. The number of amides is 1. The Balaban J connectivity index is 1.95. The molecule has 0 radical (unpaired) electrons. The minimum absolute atomic E-state index is 0.00365. The van der Waals surface area contributed by atoms with Crippen molar-refractivity contribution < 1.29 is 4.79 Å². The summed E-state index contributed by atoms with van der Waals surface area (Å²) in [6.45, 7) is 5.29. The van der Waals surface area contributed by atoms with Gasteiger partial charge in [0, 0.05) is 23.7 Å². The summed E-state index contributed by atoms with van der Waals surface area (Å²) >= 11 is 0. The van der Waals surface area contributed by atoms with Crippen LogP contribution in [0.25, 0.3) is 11.0 Å². The predicted octanol–water partition coefficient (Wildman–Crippen LogP) is 2.63. The van der Waals surface area contributed by atoms with Crippen LogP contribution in [0.1, 0.15) is 18.1 Å². The predicted molar refractivity (Wildman–Crippen MR) is 107 cm³/mol. The van der Waals surface area contributed by atoms with Gasteiger partial charge in [0.15, 0.2) is 0 Å². The van der Waals surface area contributed by atoms with Crippen molar-refractivity contribution in [2.45, 2.75) is 6.92 Å². The number of imidazole rings is 1. The van der Waals surface area contributed by atoms with E-state index in [0.717, 1.165) is 11.0 Å². The van der Waals surface area contributed by atoms with Gasteiger partial charge in [-0.1, -0.05) is 18.7 Å². The number of nitrogens with two attached hydrogens (primary N) is 1. The minimum atomic E-state index is -0.536. The molecule has 1 aromatic carbocycles. The summed E-state index contributed by atoms with van der Waals surface area (Å²) in [5, 5.41) is 11.9. The number of benzene rings is 1. The van der Waals surface area contributed by atoms with Crippen molar-refractivity contribution in [3.63, 3.8) is 0 Å². The molecule has 3 rings (SSSR count). The number of H-pyrrole nitrogens is 1. The summed E-state index contributed by atoms with van der Waals surface area (Å²) in [6.07, 6.45) is 4.40. The maximum atomic E-state index is 12.7. The van der Waals surface area contributed by atoms with Crippen molar-refractivity contribution in [1.82, 2.24) is 15.0 Å². The lowest BCUT2D eigenvalue weighted by molar-refractivity contribution is -0.113. The average molecular weight is 371 g/mol. The molecule has 0 saturated carbocycles. The first kappa shape index (κ1) is 18.5. The molecule has 0 fully saturated rings. The topological polar surface area (TPSA) is 133 Å². The van der Waals surface area contributed by atoms with Crippen LogP contribution in [0, 0.1) is 11.3 Å². The van der Waals surface area contributed by atoms with Gasteiger partial charge in [-0.3, -0.25) is 15.1 Å². The highest BCUT2D eigenvalue weighted by Crippen LogP contribution is 2.16. The number of allylic oxidation sites excluding steroid dienone is 2. The molecule has 4 N–H and O–H groups in total. The largest absolute Gasteiger partial charge is 0.400 e. The van der Waals surface area contributed by atoms with E-state index >= 15 is 0 Å². The van der Waals surface area contributed by atoms with Crippen molar-refractivity contribution >= 4 is 28.6 Å².